The van der Waals surface area contributed by atoms with Crippen LogP contribution in [-0.2, 0) is 4.79 Å². The van der Waals surface area contributed by atoms with Crippen LogP contribution >= 0.6 is 11.3 Å². The van der Waals surface area contributed by atoms with Gasteiger partial charge < -0.3 is 14.8 Å². The van der Waals surface area contributed by atoms with Crippen LogP contribution in [0.5, 0.6) is 11.5 Å². The van der Waals surface area contributed by atoms with E-state index in [0.717, 1.165) is 9.60 Å². The smallest absolute Gasteiger partial charge is 0.271 e. The van der Waals surface area contributed by atoms with E-state index < -0.39 is 0 Å². The second-order valence-corrected chi connectivity index (χ2v) is 6.25. The molecule has 0 aliphatic carbocycles. The molecule has 24 heavy (non-hydrogen) atoms. The average Bonchev–Trinajstić information content (AvgIpc) is 3.07. The maximum atomic E-state index is 12.6. The van der Waals surface area contributed by atoms with Gasteiger partial charge in [0.2, 0.25) is 5.91 Å². The first-order chi connectivity index (χ1) is 11.5. The Kier molecular flexibility index (Phi) is 4.15. The highest BCUT2D eigenvalue weighted by Crippen LogP contribution is 2.42. The van der Waals surface area contributed by atoms with Crippen LogP contribution in [0, 0.1) is 0 Å². The van der Waals surface area contributed by atoms with Gasteiger partial charge in [0.25, 0.3) is 11.8 Å². The summed E-state index contributed by atoms with van der Waals surface area (Å²) in [5, 5.41) is 3.14. The molecule has 1 N–H and O–H groups in total. The maximum Gasteiger partial charge on any atom is 0.271 e. The summed E-state index contributed by atoms with van der Waals surface area (Å²) in [5.74, 6) is 0.0773. The molecule has 0 bridgehead atoms. The number of thiophene rings is 1. The van der Waals surface area contributed by atoms with Gasteiger partial charge in [-0.3, -0.25) is 19.3 Å². The Morgan fingerprint density at radius 1 is 1.17 bits per heavy atom. The van der Waals surface area contributed by atoms with Crippen LogP contribution in [0.2, 0.25) is 0 Å². The van der Waals surface area contributed by atoms with Crippen LogP contribution < -0.4 is 14.8 Å². The molecular formula is C16H16N2O5S. The number of amides is 3. The highest BCUT2D eigenvalue weighted by molar-refractivity contribution is 7.21. The number of carbonyl (C=O) groups is 3. The Balaban J connectivity index is 2.01. The van der Waals surface area contributed by atoms with Crippen LogP contribution in [0.15, 0.2) is 12.1 Å². The number of hydrogen-bond acceptors (Lipinski definition) is 6. The zero-order valence-electron chi connectivity index (χ0n) is 13.5. The van der Waals surface area contributed by atoms with E-state index in [1.807, 2.05) is 0 Å². The molecule has 7 nitrogen and oxygen atoms in total. The molecule has 0 unspecified atom stereocenters. The number of fused-ring (bicyclic) bond motifs is 3. The molecule has 0 saturated heterocycles. The number of carbonyl (C=O) groups excluding carboxylic acids is 3. The number of rotatable bonds is 5. The maximum absolute atomic E-state index is 12.6. The lowest BCUT2D eigenvalue weighted by atomic mass is 10.1. The van der Waals surface area contributed by atoms with Crippen LogP contribution in [0.1, 0.15) is 26.5 Å². The Labute approximate surface area is 142 Å². The summed E-state index contributed by atoms with van der Waals surface area (Å²) in [6.07, 6.45) is 0.0813. The second kappa shape index (κ2) is 6.12. The summed E-state index contributed by atoms with van der Waals surface area (Å²) in [6.45, 7) is 0.0630. The number of hydrogen-bond donors (Lipinski definition) is 1. The minimum atomic E-state index is -0.377. The molecule has 1 aromatic carbocycles. The first-order valence-corrected chi connectivity index (χ1v) is 8.08. The zero-order chi connectivity index (χ0) is 17.4. The predicted molar refractivity (Wildman–Crippen MR) is 89.0 cm³/mol. The summed E-state index contributed by atoms with van der Waals surface area (Å²) in [6, 6.07) is 3.46. The lowest BCUT2D eigenvalue weighted by molar-refractivity contribution is -0.120. The lowest BCUT2D eigenvalue weighted by Crippen LogP contribution is -2.33. The summed E-state index contributed by atoms with van der Waals surface area (Å²) in [5.41, 5.74) is 0.373. The summed E-state index contributed by atoms with van der Waals surface area (Å²) in [7, 11) is 4.56. The highest BCUT2D eigenvalue weighted by Gasteiger charge is 2.39. The molecule has 3 rings (SSSR count). The third-order valence-electron chi connectivity index (χ3n) is 3.93. The molecule has 1 aliphatic rings. The molecule has 126 valence electrons. The van der Waals surface area contributed by atoms with Gasteiger partial charge in [0.15, 0.2) is 11.5 Å². The first-order valence-electron chi connectivity index (χ1n) is 7.27. The van der Waals surface area contributed by atoms with Crippen molar-refractivity contribution in [2.75, 3.05) is 27.8 Å². The van der Waals surface area contributed by atoms with Gasteiger partial charge in [0.05, 0.1) is 19.8 Å². The largest absolute Gasteiger partial charge is 0.493 e. The first kappa shape index (κ1) is 16.3. The topological polar surface area (TPSA) is 84.9 Å². The van der Waals surface area contributed by atoms with E-state index in [1.54, 1.807) is 12.1 Å². The molecule has 2 heterocycles. The van der Waals surface area contributed by atoms with Gasteiger partial charge >= 0.3 is 0 Å². The molecule has 0 spiro atoms. The number of ether oxygens (including phenoxy) is 2. The van der Waals surface area contributed by atoms with Gasteiger partial charge in [0.1, 0.15) is 4.88 Å². The van der Waals surface area contributed by atoms with Crippen molar-refractivity contribution in [3.8, 4) is 11.5 Å². The van der Waals surface area contributed by atoms with E-state index in [2.05, 4.69) is 5.32 Å². The second-order valence-electron chi connectivity index (χ2n) is 5.19. The van der Waals surface area contributed by atoms with Crippen LogP contribution in [0.4, 0.5) is 0 Å². The van der Waals surface area contributed by atoms with Gasteiger partial charge in [-0.15, -0.1) is 11.3 Å². The van der Waals surface area contributed by atoms with Crippen LogP contribution in [0.25, 0.3) is 10.1 Å². The molecule has 8 heteroatoms. The van der Waals surface area contributed by atoms with Crippen LogP contribution in [0.3, 0.4) is 0 Å². The molecule has 0 radical (unpaired) electrons. The minimum absolute atomic E-state index is 0.0630. The van der Waals surface area contributed by atoms with E-state index in [-0.39, 0.29) is 30.7 Å². The number of benzene rings is 1. The van der Waals surface area contributed by atoms with E-state index in [4.69, 9.17) is 9.47 Å². The van der Waals surface area contributed by atoms with Gasteiger partial charge in [0, 0.05) is 36.2 Å². The number of nitrogens with one attached hydrogen (secondary N) is 1. The van der Waals surface area contributed by atoms with Crippen molar-refractivity contribution in [1.82, 2.24) is 10.2 Å². The van der Waals surface area contributed by atoms with Gasteiger partial charge in [-0.1, -0.05) is 0 Å². The van der Waals surface area contributed by atoms with Crippen molar-refractivity contribution < 1.29 is 23.9 Å². The van der Waals surface area contributed by atoms with Crippen molar-refractivity contribution in [3.63, 3.8) is 0 Å². The summed E-state index contributed by atoms with van der Waals surface area (Å²) in [4.78, 5) is 38.0. The normalized spacial score (nSPS) is 13.4. The van der Waals surface area contributed by atoms with Crippen LogP contribution in [-0.4, -0.2) is 50.4 Å². The SMILES string of the molecule is CNC(=O)CCN1C(=O)c2sc3cc(OC)c(OC)cc3c2C1=O. The van der Waals surface area contributed by atoms with Crippen molar-refractivity contribution in [1.29, 1.82) is 0 Å². The molecular weight excluding hydrogens is 332 g/mol. The predicted octanol–water partition coefficient (Wildman–Crippen LogP) is 1.65. The van der Waals surface area contributed by atoms with E-state index >= 15 is 0 Å². The molecule has 0 fully saturated rings. The van der Waals surface area contributed by atoms with Crippen molar-refractivity contribution in [3.05, 3.63) is 22.6 Å². The summed E-state index contributed by atoms with van der Waals surface area (Å²) < 4.78 is 11.3. The van der Waals surface area contributed by atoms with Gasteiger partial charge in [-0.05, 0) is 6.07 Å². The Hall–Kier alpha value is -2.61. The Morgan fingerprint density at radius 2 is 1.83 bits per heavy atom. The molecule has 3 amide bonds. The van der Waals surface area contributed by atoms with Gasteiger partial charge in [-0.2, -0.15) is 0 Å². The standard InChI is InChI=1S/C16H16N2O5S/c1-17-12(19)4-5-18-15(20)13-8-6-9(22-2)10(23-3)7-11(8)24-14(13)16(18)21/h6-7H,4-5H2,1-3H3,(H,17,19). The van der Waals surface area contributed by atoms with E-state index in [0.29, 0.717) is 27.3 Å². The lowest BCUT2D eigenvalue weighted by Gasteiger charge is -2.13. The number of methoxy groups -OCH3 is 2. The number of nitrogens with zero attached hydrogens (tertiary/aromatic N) is 1. The Morgan fingerprint density at radius 3 is 2.46 bits per heavy atom. The highest BCUT2D eigenvalue weighted by atomic mass is 32.1. The Bertz CT molecular complexity index is 858. The third-order valence-corrected chi connectivity index (χ3v) is 5.07. The molecule has 0 saturated carbocycles. The fourth-order valence-electron chi connectivity index (χ4n) is 2.68. The van der Waals surface area contributed by atoms with Crippen molar-refractivity contribution >= 4 is 39.1 Å². The fraction of sp³-hybridized carbons (Fsp3) is 0.312. The van der Waals surface area contributed by atoms with Gasteiger partial charge in [-0.25, -0.2) is 0 Å². The fourth-order valence-corrected chi connectivity index (χ4v) is 3.83. The average molecular weight is 348 g/mol. The molecule has 1 aliphatic heterocycles. The monoisotopic (exact) mass is 348 g/mol. The van der Waals surface area contributed by atoms with E-state index in [9.17, 15) is 14.4 Å². The minimum Gasteiger partial charge on any atom is -0.493 e. The van der Waals surface area contributed by atoms with Crippen molar-refractivity contribution in [2.45, 2.75) is 6.42 Å². The van der Waals surface area contributed by atoms with E-state index in [1.165, 1.54) is 32.6 Å². The molecule has 1 aromatic heterocycles. The van der Waals surface area contributed by atoms with Crippen molar-refractivity contribution in [2.24, 2.45) is 0 Å². The zero-order valence-corrected chi connectivity index (χ0v) is 14.3. The molecule has 2 aromatic rings. The number of imide groups is 1. The third kappa shape index (κ3) is 2.39. The molecule has 0 atom stereocenters. The summed E-state index contributed by atoms with van der Waals surface area (Å²) >= 11 is 1.24. The quantitative estimate of drug-likeness (QED) is 0.831.